The summed E-state index contributed by atoms with van der Waals surface area (Å²) in [6.45, 7) is 0. The van der Waals surface area contributed by atoms with Gasteiger partial charge in [-0.3, -0.25) is 4.98 Å². The molecular weight excluding hydrogens is 220 g/mol. The van der Waals surface area contributed by atoms with Crippen molar-refractivity contribution in [1.82, 2.24) is 10.3 Å². The Balaban J connectivity index is 1.84. The number of aromatic nitrogens is 1. The topological polar surface area (TPSA) is 24.9 Å². The third-order valence-corrected chi connectivity index (χ3v) is 4.33. The van der Waals surface area contributed by atoms with E-state index >= 15 is 0 Å². The van der Waals surface area contributed by atoms with E-state index in [0.717, 1.165) is 5.92 Å². The highest BCUT2D eigenvalue weighted by Crippen LogP contribution is 2.27. The average Bonchev–Trinajstić information content (AvgIpc) is 2.70. The largest absolute Gasteiger partial charge is 0.317 e. The van der Waals surface area contributed by atoms with Gasteiger partial charge in [0, 0.05) is 18.4 Å². The van der Waals surface area contributed by atoms with Crippen LogP contribution in [0.1, 0.15) is 50.5 Å². The van der Waals surface area contributed by atoms with Crippen LogP contribution < -0.4 is 5.32 Å². The lowest BCUT2D eigenvalue weighted by molar-refractivity contribution is 0.319. The highest BCUT2D eigenvalue weighted by molar-refractivity contribution is 5.09. The zero-order valence-corrected chi connectivity index (χ0v) is 11.6. The fourth-order valence-electron chi connectivity index (χ4n) is 3.20. The fourth-order valence-corrected chi connectivity index (χ4v) is 3.20. The van der Waals surface area contributed by atoms with Gasteiger partial charge in [0.1, 0.15) is 0 Å². The molecule has 1 aromatic heterocycles. The molecule has 2 rings (SSSR count). The van der Waals surface area contributed by atoms with Crippen LogP contribution in [-0.2, 0) is 6.42 Å². The SMILES string of the molecule is CNC(CCc1ccncc1)C1CCCCCC1. The monoisotopic (exact) mass is 246 g/mol. The molecule has 1 N–H and O–H groups in total. The Morgan fingerprint density at radius 3 is 2.44 bits per heavy atom. The maximum atomic E-state index is 4.08. The first kappa shape index (κ1) is 13.5. The molecular formula is C16H26N2. The van der Waals surface area contributed by atoms with Crippen LogP contribution in [0, 0.1) is 5.92 Å². The summed E-state index contributed by atoms with van der Waals surface area (Å²) in [5.41, 5.74) is 1.42. The standard InChI is InChI=1S/C16H26N2/c1-17-16(15-6-4-2-3-5-7-15)9-8-14-10-12-18-13-11-14/h10-13,15-17H,2-9H2,1H3. The van der Waals surface area contributed by atoms with Gasteiger partial charge in [0.05, 0.1) is 0 Å². The molecule has 1 atom stereocenters. The molecule has 1 unspecified atom stereocenters. The highest BCUT2D eigenvalue weighted by atomic mass is 14.9. The van der Waals surface area contributed by atoms with Crippen LogP contribution in [0.15, 0.2) is 24.5 Å². The molecule has 1 aromatic rings. The van der Waals surface area contributed by atoms with Crippen LogP contribution in [0.5, 0.6) is 0 Å². The average molecular weight is 246 g/mol. The third-order valence-electron chi connectivity index (χ3n) is 4.33. The molecule has 0 aliphatic heterocycles. The predicted octanol–water partition coefficient (Wildman–Crippen LogP) is 3.57. The van der Waals surface area contributed by atoms with Crippen molar-refractivity contribution >= 4 is 0 Å². The van der Waals surface area contributed by atoms with Crippen LogP contribution in [0.4, 0.5) is 0 Å². The Bertz CT molecular complexity index is 315. The molecule has 0 spiro atoms. The van der Waals surface area contributed by atoms with Gasteiger partial charge in [0.25, 0.3) is 0 Å². The van der Waals surface area contributed by atoms with E-state index < -0.39 is 0 Å². The Morgan fingerprint density at radius 1 is 1.17 bits per heavy atom. The molecule has 1 heterocycles. The molecule has 1 saturated carbocycles. The van der Waals surface area contributed by atoms with Gasteiger partial charge < -0.3 is 5.32 Å². The summed E-state index contributed by atoms with van der Waals surface area (Å²) in [5, 5.41) is 3.55. The molecule has 0 radical (unpaired) electrons. The van der Waals surface area contributed by atoms with Crippen LogP contribution in [0.3, 0.4) is 0 Å². The molecule has 1 aliphatic rings. The normalized spacial score (nSPS) is 19.4. The Kier molecular flexibility index (Phi) is 5.66. The maximum Gasteiger partial charge on any atom is 0.0270 e. The second-order valence-electron chi connectivity index (χ2n) is 5.54. The first-order valence-electron chi connectivity index (χ1n) is 7.46. The molecule has 0 aromatic carbocycles. The Hall–Kier alpha value is -0.890. The van der Waals surface area contributed by atoms with Crippen molar-refractivity contribution in [2.45, 2.75) is 57.4 Å². The van der Waals surface area contributed by atoms with Crippen LogP contribution in [0.25, 0.3) is 0 Å². The van der Waals surface area contributed by atoms with Crippen LogP contribution >= 0.6 is 0 Å². The summed E-state index contributed by atoms with van der Waals surface area (Å²) in [6.07, 6.45) is 14.8. The van der Waals surface area contributed by atoms with E-state index in [4.69, 9.17) is 0 Å². The Morgan fingerprint density at radius 2 is 1.83 bits per heavy atom. The number of aryl methyl sites for hydroxylation is 1. The van der Waals surface area contributed by atoms with Gasteiger partial charge in [-0.1, -0.05) is 25.7 Å². The van der Waals surface area contributed by atoms with Gasteiger partial charge in [-0.15, -0.1) is 0 Å². The first-order valence-corrected chi connectivity index (χ1v) is 7.46. The van der Waals surface area contributed by atoms with Crippen molar-refractivity contribution in [2.24, 2.45) is 5.92 Å². The Labute approximate surface area is 111 Å². The van der Waals surface area contributed by atoms with Crippen molar-refractivity contribution < 1.29 is 0 Å². The molecule has 18 heavy (non-hydrogen) atoms. The molecule has 0 saturated heterocycles. The number of nitrogens with zero attached hydrogens (tertiary/aromatic N) is 1. The van der Waals surface area contributed by atoms with Gasteiger partial charge in [-0.2, -0.15) is 0 Å². The summed E-state index contributed by atoms with van der Waals surface area (Å²) in [6, 6.07) is 4.97. The highest BCUT2D eigenvalue weighted by Gasteiger charge is 2.20. The molecule has 0 bridgehead atoms. The summed E-state index contributed by atoms with van der Waals surface area (Å²) in [7, 11) is 2.13. The zero-order chi connectivity index (χ0) is 12.6. The second-order valence-corrected chi connectivity index (χ2v) is 5.54. The van der Waals surface area contributed by atoms with Crippen molar-refractivity contribution in [1.29, 1.82) is 0 Å². The predicted molar refractivity (Wildman–Crippen MR) is 76.6 cm³/mol. The number of hydrogen-bond acceptors (Lipinski definition) is 2. The number of nitrogens with one attached hydrogen (secondary N) is 1. The van der Waals surface area contributed by atoms with E-state index in [9.17, 15) is 0 Å². The molecule has 2 nitrogen and oxygen atoms in total. The third kappa shape index (κ3) is 4.09. The van der Waals surface area contributed by atoms with Crippen molar-refractivity contribution in [3.05, 3.63) is 30.1 Å². The molecule has 100 valence electrons. The van der Waals surface area contributed by atoms with Crippen LogP contribution in [-0.4, -0.2) is 18.1 Å². The van der Waals surface area contributed by atoms with E-state index in [1.807, 2.05) is 12.4 Å². The molecule has 2 heteroatoms. The lowest BCUT2D eigenvalue weighted by atomic mass is 9.88. The van der Waals surface area contributed by atoms with E-state index in [0.29, 0.717) is 6.04 Å². The summed E-state index contributed by atoms with van der Waals surface area (Å²) in [5.74, 6) is 0.888. The lowest BCUT2D eigenvalue weighted by Crippen LogP contribution is -2.33. The van der Waals surface area contributed by atoms with E-state index in [2.05, 4.69) is 29.5 Å². The fraction of sp³-hybridized carbons (Fsp3) is 0.688. The lowest BCUT2D eigenvalue weighted by Gasteiger charge is -2.26. The summed E-state index contributed by atoms with van der Waals surface area (Å²) < 4.78 is 0. The van der Waals surface area contributed by atoms with Gasteiger partial charge in [0.2, 0.25) is 0 Å². The van der Waals surface area contributed by atoms with Crippen molar-refractivity contribution in [3.63, 3.8) is 0 Å². The minimum atomic E-state index is 0.691. The first-order chi connectivity index (χ1) is 8.90. The smallest absolute Gasteiger partial charge is 0.0270 e. The van der Waals surface area contributed by atoms with Gasteiger partial charge >= 0.3 is 0 Å². The van der Waals surface area contributed by atoms with E-state index in [1.165, 1.54) is 56.9 Å². The van der Waals surface area contributed by atoms with Gasteiger partial charge in [-0.25, -0.2) is 0 Å². The van der Waals surface area contributed by atoms with Gasteiger partial charge in [0.15, 0.2) is 0 Å². The van der Waals surface area contributed by atoms with E-state index in [-0.39, 0.29) is 0 Å². The van der Waals surface area contributed by atoms with Crippen LogP contribution in [0.2, 0.25) is 0 Å². The molecule has 1 fully saturated rings. The number of hydrogen-bond donors (Lipinski definition) is 1. The van der Waals surface area contributed by atoms with E-state index in [1.54, 1.807) is 0 Å². The number of rotatable bonds is 5. The minimum Gasteiger partial charge on any atom is -0.317 e. The zero-order valence-electron chi connectivity index (χ0n) is 11.6. The van der Waals surface area contributed by atoms with Crippen molar-refractivity contribution in [3.8, 4) is 0 Å². The summed E-state index contributed by atoms with van der Waals surface area (Å²) in [4.78, 5) is 4.08. The maximum absolute atomic E-state index is 4.08. The molecule has 0 amide bonds. The second kappa shape index (κ2) is 7.52. The van der Waals surface area contributed by atoms with Crippen molar-refractivity contribution in [2.75, 3.05) is 7.05 Å². The quantitative estimate of drug-likeness (QED) is 0.803. The number of pyridine rings is 1. The minimum absolute atomic E-state index is 0.691. The molecule has 1 aliphatic carbocycles. The van der Waals surface area contributed by atoms with Gasteiger partial charge in [-0.05, 0) is 56.3 Å². The summed E-state index contributed by atoms with van der Waals surface area (Å²) >= 11 is 0.